The molecular weight excluding hydrogens is 416 g/mol. The van der Waals surface area contributed by atoms with Crippen molar-refractivity contribution in [2.45, 2.75) is 19.4 Å². The predicted molar refractivity (Wildman–Crippen MR) is 128 cm³/mol. The Labute approximate surface area is 191 Å². The molecule has 0 N–H and O–H groups in total. The number of ether oxygens (including phenoxy) is 1. The zero-order chi connectivity index (χ0) is 22.6. The molecular formula is C29H23F2NO. The van der Waals surface area contributed by atoms with Crippen LogP contribution in [0.1, 0.15) is 16.7 Å². The lowest BCUT2D eigenvalue weighted by atomic mass is 10.0. The number of aryl methyl sites for hydroxylation is 2. The quantitative estimate of drug-likeness (QED) is 0.260. The van der Waals surface area contributed by atoms with Crippen molar-refractivity contribution < 1.29 is 13.5 Å². The number of hydrogen-bond donors (Lipinski definition) is 0. The van der Waals surface area contributed by atoms with Crippen LogP contribution < -0.4 is 4.74 Å². The lowest BCUT2D eigenvalue weighted by molar-refractivity contribution is 0.274. The van der Waals surface area contributed by atoms with E-state index in [4.69, 9.17) is 4.74 Å². The SMILES string of the molecule is Fc1cc(-n2ccc3c(CCc4ccccc4)cccc32)cc(F)c1OCc1ccccc1. The summed E-state index contributed by atoms with van der Waals surface area (Å²) in [5.41, 5.74) is 4.67. The number of benzene rings is 4. The van der Waals surface area contributed by atoms with E-state index in [2.05, 4.69) is 18.2 Å². The smallest absolute Gasteiger partial charge is 0.191 e. The van der Waals surface area contributed by atoms with Crippen molar-refractivity contribution in [2.75, 3.05) is 0 Å². The van der Waals surface area contributed by atoms with Gasteiger partial charge in [-0.1, -0.05) is 72.8 Å². The van der Waals surface area contributed by atoms with Gasteiger partial charge in [-0.3, -0.25) is 0 Å². The van der Waals surface area contributed by atoms with Gasteiger partial charge in [0.05, 0.1) is 11.2 Å². The second kappa shape index (κ2) is 9.29. The average molecular weight is 440 g/mol. The van der Waals surface area contributed by atoms with E-state index in [0.717, 1.165) is 29.3 Å². The molecule has 4 heteroatoms. The first kappa shape index (κ1) is 21.0. The van der Waals surface area contributed by atoms with Crippen LogP contribution in [-0.4, -0.2) is 4.57 Å². The molecule has 33 heavy (non-hydrogen) atoms. The number of rotatable bonds is 7. The largest absolute Gasteiger partial charge is 0.483 e. The Bertz CT molecular complexity index is 1350. The summed E-state index contributed by atoms with van der Waals surface area (Å²) in [6.07, 6.45) is 3.68. The molecule has 0 radical (unpaired) electrons. The minimum Gasteiger partial charge on any atom is -0.483 e. The van der Waals surface area contributed by atoms with Gasteiger partial charge in [-0.05, 0) is 41.7 Å². The first-order valence-corrected chi connectivity index (χ1v) is 11.0. The average Bonchev–Trinajstić information content (AvgIpc) is 3.28. The molecule has 0 saturated carbocycles. The first-order chi connectivity index (χ1) is 16.2. The highest BCUT2D eigenvalue weighted by molar-refractivity contribution is 5.85. The summed E-state index contributed by atoms with van der Waals surface area (Å²) >= 11 is 0. The summed E-state index contributed by atoms with van der Waals surface area (Å²) in [6, 6.07) is 30.4. The first-order valence-electron chi connectivity index (χ1n) is 11.0. The summed E-state index contributed by atoms with van der Waals surface area (Å²) in [5, 5.41) is 1.08. The van der Waals surface area contributed by atoms with Gasteiger partial charge in [0, 0.05) is 23.7 Å². The number of halogens is 2. The van der Waals surface area contributed by atoms with Crippen LogP contribution in [0.15, 0.2) is 103 Å². The van der Waals surface area contributed by atoms with Gasteiger partial charge in [0.15, 0.2) is 17.4 Å². The summed E-state index contributed by atoms with van der Waals surface area (Å²) in [7, 11) is 0. The van der Waals surface area contributed by atoms with E-state index in [0.29, 0.717) is 5.69 Å². The highest BCUT2D eigenvalue weighted by Gasteiger charge is 2.15. The van der Waals surface area contributed by atoms with Gasteiger partial charge < -0.3 is 9.30 Å². The summed E-state index contributed by atoms with van der Waals surface area (Å²) in [5.74, 6) is -1.80. The van der Waals surface area contributed by atoms with Crippen molar-refractivity contribution in [3.63, 3.8) is 0 Å². The molecule has 5 rings (SSSR count). The number of fused-ring (bicyclic) bond motifs is 1. The highest BCUT2D eigenvalue weighted by atomic mass is 19.1. The lowest BCUT2D eigenvalue weighted by Gasteiger charge is -2.12. The third-order valence-corrected chi connectivity index (χ3v) is 5.84. The van der Waals surface area contributed by atoms with E-state index in [1.54, 1.807) is 0 Å². The molecule has 5 aromatic rings. The summed E-state index contributed by atoms with van der Waals surface area (Å²) in [4.78, 5) is 0. The van der Waals surface area contributed by atoms with E-state index in [1.807, 2.05) is 77.5 Å². The molecule has 0 fully saturated rings. The van der Waals surface area contributed by atoms with Crippen molar-refractivity contribution >= 4 is 10.9 Å². The molecule has 164 valence electrons. The number of hydrogen-bond acceptors (Lipinski definition) is 1. The normalized spacial score (nSPS) is 11.1. The summed E-state index contributed by atoms with van der Waals surface area (Å²) < 4.78 is 36.9. The van der Waals surface area contributed by atoms with Crippen LogP contribution in [-0.2, 0) is 19.4 Å². The second-order valence-electron chi connectivity index (χ2n) is 8.03. The Morgan fingerprint density at radius 1 is 0.667 bits per heavy atom. The van der Waals surface area contributed by atoms with Crippen LogP contribution in [0.3, 0.4) is 0 Å². The molecule has 0 aliphatic heterocycles. The Balaban J connectivity index is 1.41. The molecule has 0 atom stereocenters. The molecule has 0 aliphatic carbocycles. The zero-order valence-corrected chi connectivity index (χ0v) is 18.0. The molecule has 0 bridgehead atoms. The lowest BCUT2D eigenvalue weighted by Crippen LogP contribution is -2.02. The minimum absolute atomic E-state index is 0.102. The Morgan fingerprint density at radius 3 is 2.03 bits per heavy atom. The maximum absolute atomic E-state index is 14.8. The molecule has 0 aliphatic rings. The fraction of sp³-hybridized carbons (Fsp3) is 0.103. The fourth-order valence-electron chi connectivity index (χ4n) is 4.15. The zero-order valence-electron chi connectivity index (χ0n) is 18.0. The molecule has 0 unspecified atom stereocenters. The minimum atomic E-state index is -0.719. The van der Waals surface area contributed by atoms with Gasteiger partial charge in [0.25, 0.3) is 0 Å². The number of nitrogens with zero attached hydrogens (tertiary/aromatic N) is 1. The van der Waals surface area contributed by atoms with Crippen LogP contribution >= 0.6 is 0 Å². The Hall–Kier alpha value is -3.92. The molecule has 4 aromatic carbocycles. The van der Waals surface area contributed by atoms with E-state index >= 15 is 0 Å². The van der Waals surface area contributed by atoms with Gasteiger partial charge in [-0.2, -0.15) is 0 Å². The van der Waals surface area contributed by atoms with Crippen LogP contribution in [0, 0.1) is 11.6 Å². The second-order valence-corrected chi connectivity index (χ2v) is 8.03. The van der Waals surface area contributed by atoms with Crippen molar-refractivity contribution in [3.8, 4) is 11.4 Å². The third kappa shape index (κ3) is 4.51. The Kier molecular flexibility index (Phi) is 5.90. The van der Waals surface area contributed by atoms with Gasteiger partial charge >= 0.3 is 0 Å². The topological polar surface area (TPSA) is 14.2 Å². The molecule has 1 aromatic heterocycles. The van der Waals surface area contributed by atoms with Crippen LogP contribution in [0.2, 0.25) is 0 Å². The van der Waals surface area contributed by atoms with Crippen molar-refractivity contribution in [1.29, 1.82) is 0 Å². The monoisotopic (exact) mass is 439 g/mol. The fourth-order valence-corrected chi connectivity index (χ4v) is 4.15. The molecule has 0 saturated heterocycles. The van der Waals surface area contributed by atoms with Crippen LogP contribution in [0.5, 0.6) is 5.75 Å². The predicted octanol–water partition coefficient (Wildman–Crippen LogP) is 7.27. The van der Waals surface area contributed by atoms with Crippen LogP contribution in [0.25, 0.3) is 16.6 Å². The van der Waals surface area contributed by atoms with Crippen LogP contribution in [0.4, 0.5) is 8.78 Å². The van der Waals surface area contributed by atoms with E-state index < -0.39 is 11.6 Å². The van der Waals surface area contributed by atoms with E-state index in [1.165, 1.54) is 23.3 Å². The van der Waals surface area contributed by atoms with Gasteiger partial charge in [-0.15, -0.1) is 0 Å². The standard InChI is InChI=1S/C29H23F2NO/c30-26-18-24(19-27(31)29(26)33-20-22-10-5-2-6-11-22)32-17-16-25-23(12-7-13-28(25)32)15-14-21-8-3-1-4-9-21/h1-13,16-19H,14-15,20H2. The van der Waals surface area contributed by atoms with E-state index in [-0.39, 0.29) is 12.4 Å². The van der Waals surface area contributed by atoms with Crippen molar-refractivity contribution in [1.82, 2.24) is 4.57 Å². The van der Waals surface area contributed by atoms with Crippen molar-refractivity contribution in [2.24, 2.45) is 0 Å². The third-order valence-electron chi connectivity index (χ3n) is 5.84. The van der Waals surface area contributed by atoms with Gasteiger partial charge in [0.1, 0.15) is 6.61 Å². The van der Waals surface area contributed by atoms with Crippen molar-refractivity contribution in [3.05, 3.63) is 132 Å². The number of aromatic nitrogens is 1. The molecule has 0 spiro atoms. The molecule has 1 heterocycles. The Morgan fingerprint density at radius 2 is 1.33 bits per heavy atom. The van der Waals surface area contributed by atoms with E-state index in [9.17, 15) is 8.78 Å². The maximum atomic E-state index is 14.8. The van der Waals surface area contributed by atoms with Gasteiger partial charge in [0.2, 0.25) is 0 Å². The summed E-state index contributed by atoms with van der Waals surface area (Å²) in [6.45, 7) is 0.102. The van der Waals surface area contributed by atoms with Gasteiger partial charge in [-0.25, -0.2) is 8.78 Å². The molecule has 0 amide bonds. The maximum Gasteiger partial charge on any atom is 0.191 e. The highest BCUT2D eigenvalue weighted by Crippen LogP contribution is 2.30. The molecule has 2 nitrogen and oxygen atoms in total.